The van der Waals surface area contributed by atoms with E-state index < -0.39 is 0 Å². The van der Waals surface area contributed by atoms with E-state index in [1.165, 1.54) is 11.3 Å². The maximum absolute atomic E-state index is 12.2. The van der Waals surface area contributed by atoms with Crippen LogP contribution in [0.15, 0.2) is 48.5 Å². The summed E-state index contributed by atoms with van der Waals surface area (Å²) in [6, 6.07) is 16.1. The summed E-state index contributed by atoms with van der Waals surface area (Å²) in [5.74, 6) is 0.0380. The molecule has 20 heavy (non-hydrogen) atoms. The first kappa shape index (κ1) is 12.7. The van der Waals surface area contributed by atoms with Crippen LogP contribution in [0.25, 0.3) is 0 Å². The summed E-state index contributed by atoms with van der Waals surface area (Å²) < 4.78 is 0. The third-order valence-electron chi connectivity index (χ3n) is 3.74. The van der Waals surface area contributed by atoms with E-state index in [2.05, 4.69) is 28.4 Å². The molecule has 0 saturated carbocycles. The second kappa shape index (κ2) is 5.37. The van der Waals surface area contributed by atoms with Crippen LogP contribution in [0.5, 0.6) is 0 Å². The van der Waals surface area contributed by atoms with Gasteiger partial charge in [0, 0.05) is 17.9 Å². The summed E-state index contributed by atoms with van der Waals surface area (Å²) in [5, 5.41) is 2.99. The molecule has 0 aliphatic carbocycles. The van der Waals surface area contributed by atoms with Crippen molar-refractivity contribution in [3.05, 3.63) is 59.7 Å². The van der Waals surface area contributed by atoms with Gasteiger partial charge in [0.15, 0.2) is 0 Å². The third-order valence-corrected chi connectivity index (χ3v) is 3.74. The van der Waals surface area contributed by atoms with Gasteiger partial charge in [-0.1, -0.05) is 36.4 Å². The Bertz CT molecular complexity index is 636. The van der Waals surface area contributed by atoms with Gasteiger partial charge < -0.3 is 10.2 Å². The molecule has 0 radical (unpaired) electrons. The van der Waals surface area contributed by atoms with E-state index in [1.54, 1.807) is 0 Å². The number of anilines is 2. The molecule has 1 N–H and O–H groups in total. The predicted octanol–water partition coefficient (Wildman–Crippen LogP) is 3.00. The lowest BCUT2D eigenvalue weighted by Crippen LogP contribution is -2.32. The summed E-state index contributed by atoms with van der Waals surface area (Å²) in [6.45, 7) is 3.33. The van der Waals surface area contributed by atoms with Crippen molar-refractivity contribution < 1.29 is 4.79 Å². The number of fused-ring (bicyclic) bond motifs is 1. The number of nitrogens with one attached hydrogen (secondary N) is 1. The van der Waals surface area contributed by atoms with Gasteiger partial charge in [-0.05, 0) is 36.6 Å². The van der Waals surface area contributed by atoms with Crippen molar-refractivity contribution in [2.75, 3.05) is 23.3 Å². The summed E-state index contributed by atoms with van der Waals surface area (Å²) in [5.41, 5.74) is 4.50. The molecule has 1 heterocycles. The topological polar surface area (TPSA) is 32.3 Å². The Morgan fingerprint density at radius 1 is 1.15 bits per heavy atom. The number of benzene rings is 2. The molecule has 0 spiro atoms. The summed E-state index contributed by atoms with van der Waals surface area (Å²) >= 11 is 0. The fourth-order valence-electron chi connectivity index (χ4n) is 2.65. The number of amides is 1. The number of hydrogen-bond donors (Lipinski definition) is 1. The Balaban J connectivity index is 1.68. The minimum absolute atomic E-state index is 0.0380. The minimum Gasteiger partial charge on any atom is -0.362 e. The van der Waals surface area contributed by atoms with Crippen LogP contribution in [0.1, 0.15) is 11.1 Å². The lowest BCUT2D eigenvalue weighted by molar-refractivity contribution is -0.115. The molecule has 2 aromatic rings. The molecule has 0 aromatic heterocycles. The van der Waals surface area contributed by atoms with Gasteiger partial charge in [0.2, 0.25) is 5.91 Å². The second-order valence-corrected chi connectivity index (χ2v) is 5.16. The smallest absolute Gasteiger partial charge is 0.243 e. The quantitative estimate of drug-likeness (QED) is 0.926. The molecule has 3 rings (SSSR count). The van der Waals surface area contributed by atoms with Crippen LogP contribution in [0.4, 0.5) is 11.4 Å². The molecule has 1 aliphatic rings. The molecule has 3 heteroatoms. The van der Waals surface area contributed by atoms with Crippen LogP contribution in [-0.4, -0.2) is 19.0 Å². The van der Waals surface area contributed by atoms with E-state index in [1.807, 2.05) is 37.3 Å². The van der Waals surface area contributed by atoms with Crippen molar-refractivity contribution in [3.63, 3.8) is 0 Å². The highest BCUT2D eigenvalue weighted by Gasteiger charge is 2.20. The summed E-state index contributed by atoms with van der Waals surface area (Å²) in [4.78, 5) is 14.3. The van der Waals surface area contributed by atoms with Gasteiger partial charge >= 0.3 is 0 Å². The zero-order valence-electron chi connectivity index (χ0n) is 11.6. The standard InChI is InChI=1S/C17H18N2O/c1-13-6-2-4-8-15(13)18-17(20)12-19-11-10-14-7-3-5-9-16(14)19/h2-9H,10-12H2,1H3,(H,18,20). The number of carbonyl (C=O) groups is 1. The largest absolute Gasteiger partial charge is 0.362 e. The highest BCUT2D eigenvalue weighted by molar-refractivity contribution is 5.95. The number of nitrogens with zero attached hydrogens (tertiary/aromatic N) is 1. The molecule has 102 valence electrons. The van der Waals surface area contributed by atoms with Crippen molar-refractivity contribution in [1.82, 2.24) is 0 Å². The highest BCUT2D eigenvalue weighted by Crippen LogP contribution is 2.27. The Morgan fingerprint density at radius 2 is 1.90 bits per heavy atom. The number of para-hydroxylation sites is 2. The molecule has 0 fully saturated rings. The molecule has 0 saturated heterocycles. The summed E-state index contributed by atoms with van der Waals surface area (Å²) in [6.07, 6.45) is 1.02. The molecule has 0 unspecified atom stereocenters. The summed E-state index contributed by atoms with van der Waals surface area (Å²) in [7, 11) is 0. The molecule has 0 bridgehead atoms. The molecule has 0 atom stereocenters. The van der Waals surface area contributed by atoms with Crippen molar-refractivity contribution in [3.8, 4) is 0 Å². The second-order valence-electron chi connectivity index (χ2n) is 5.16. The lowest BCUT2D eigenvalue weighted by Gasteiger charge is -2.19. The third kappa shape index (κ3) is 2.52. The van der Waals surface area contributed by atoms with Crippen LogP contribution in [0.2, 0.25) is 0 Å². The minimum atomic E-state index is 0.0380. The Kier molecular flexibility index (Phi) is 3.42. The number of aryl methyl sites for hydroxylation is 1. The maximum atomic E-state index is 12.2. The van der Waals surface area contributed by atoms with Crippen LogP contribution in [-0.2, 0) is 11.2 Å². The van der Waals surface area contributed by atoms with E-state index >= 15 is 0 Å². The molecule has 1 aliphatic heterocycles. The lowest BCUT2D eigenvalue weighted by atomic mass is 10.2. The normalized spacial score (nSPS) is 13.2. The van der Waals surface area contributed by atoms with E-state index in [9.17, 15) is 4.79 Å². The number of rotatable bonds is 3. The first-order valence-electron chi connectivity index (χ1n) is 6.92. The van der Waals surface area contributed by atoms with Gasteiger partial charge in [0.25, 0.3) is 0 Å². The molecule has 2 aromatic carbocycles. The SMILES string of the molecule is Cc1ccccc1NC(=O)CN1CCc2ccccc21. The van der Waals surface area contributed by atoms with Gasteiger partial charge in [-0.3, -0.25) is 4.79 Å². The van der Waals surface area contributed by atoms with E-state index in [0.717, 1.165) is 24.2 Å². The predicted molar refractivity (Wildman–Crippen MR) is 82.2 cm³/mol. The zero-order chi connectivity index (χ0) is 13.9. The first-order chi connectivity index (χ1) is 9.74. The Hall–Kier alpha value is -2.29. The van der Waals surface area contributed by atoms with Crippen molar-refractivity contribution in [2.24, 2.45) is 0 Å². The fourth-order valence-corrected chi connectivity index (χ4v) is 2.65. The Labute approximate surface area is 119 Å². The molecule has 3 nitrogen and oxygen atoms in total. The highest BCUT2D eigenvalue weighted by atomic mass is 16.2. The van der Waals surface area contributed by atoms with Gasteiger partial charge in [-0.15, -0.1) is 0 Å². The van der Waals surface area contributed by atoms with E-state index in [0.29, 0.717) is 6.54 Å². The van der Waals surface area contributed by atoms with Crippen LogP contribution < -0.4 is 10.2 Å². The van der Waals surface area contributed by atoms with Gasteiger partial charge in [-0.2, -0.15) is 0 Å². The Morgan fingerprint density at radius 3 is 2.75 bits per heavy atom. The fraction of sp³-hybridized carbons (Fsp3) is 0.235. The van der Waals surface area contributed by atoms with Crippen molar-refractivity contribution in [1.29, 1.82) is 0 Å². The van der Waals surface area contributed by atoms with Crippen LogP contribution in [0.3, 0.4) is 0 Å². The van der Waals surface area contributed by atoms with Crippen LogP contribution in [0, 0.1) is 6.92 Å². The number of hydrogen-bond acceptors (Lipinski definition) is 2. The molecular weight excluding hydrogens is 248 g/mol. The zero-order valence-corrected chi connectivity index (χ0v) is 11.6. The monoisotopic (exact) mass is 266 g/mol. The molecular formula is C17H18N2O. The van der Waals surface area contributed by atoms with E-state index in [4.69, 9.17) is 0 Å². The van der Waals surface area contributed by atoms with Gasteiger partial charge in [0.05, 0.1) is 6.54 Å². The average Bonchev–Trinajstić information content (AvgIpc) is 2.85. The number of carbonyl (C=O) groups excluding carboxylic acids is 1. The van der Waals surface area contributed by atoms with Gasteiger partial charge in [-0.25, -0.2) is 0 Å². The van der Waals surface area contributed by atoms with E-state index in [-0.39, 0.29) is 5.91 Å². The van der Waals surface area contributed by atoms with Crippen molar-refractivity contribution >= 4 is 17.3 Å². The molecule has 1 amide bonds. The van der Waals surface area contributed by atoms with Crippen LogP contribution >= 0.6 is 0 Å². The van der Waals surface area contributed by atoms with Crippen molar-refractivity contribution in [2.45, 2.75) is 13.3 Å². The van der Waals surface area contributed by atoms with Gasteiger partial charge in [0.1, 0.15) is 0 Å². The first-order valence-corrected chi connectivity index (χ1v) is 6.92. The maximum Gasteiger partial charge on any atom is 0.243 e. The average molecular weight is 266 g/mol.